The van der Waals surface area contributed by atoms with Gasteiger partial charge in [-0.05, 0) is 37.1 Å². The molecule has 8 heteroatoms. The predicted octanol–water partition coefficient (Wildman–Crippen LogP) is 0.437. The lowest BCUT2D eigenvalue weighted by molar-refractivity contribution is -0.142. The van der Waals surface area contributed by atoms with Gasteiger partial charge in [0.15, 0.2) is 0 Å². The van der Waals surface area contributed by atoms with Crippen LogP contribution in [0.5, 0.6) is 0 Å². The van der Waals surface area contributed by atoms with Crippen LogP contribution in [0, 0.1) is 0 Å². The van der Waals surface area contributed by atoms with Crippen molar-refractivity contribution in [1.29, 1.82) is 0 Å². The maximum Gasteiger partial charge on any atom is 0.251 e. The van der Waals surface area contributed by atoms with Crippen molar-refractivity contribution in [3.8, 4) is 0 Å². The Bertz CT molecular complexity index is 677. The highest BCUT2D eigenvalue weighted by Crippen LogP contribution is 2.16. The summed E-state index contributed by atoms with van der Waals surface area (Å²) < 4.78 is 5.47. The molecule has 2 aliphatic rings. The van der Waals surface area contributed by atoms with Crippen molar-refractivity contribution >= 4 is 23.4 Å². The van der Waals surface area contributed by atoms with Crippen LogP contribution in [0.1, 0.15) is 29.6 Å². The van der Waals surface area contributed by atoms with Crippen molar-refractivity contribution in [3.05, 3.63) is 29.8 Å². The van der Waals surface area contributed by atoms with Crippen LogP contribution < -0.4 is 11.1 Å². The Morgan fingerprint density at radius 2 is 1.81 bits per heavy atom. The molecule has 2 fully saturated rings. The zero-order valence-electron chi connectivity index (χ0n) is 15.4. The number of primary amides is 1. The summed E-state index contributed by atoms with van der Waals surface area (Å²) in [5.41, 5.74) is 6.24. The summed E-state index contributed by atoms with van der Waals surface area (Å²) in [7, 11) is 0. The molecule has 0 unspecified atom stereocenters. The van der Waals surface area contributed by atoms with Gasteiger partial charge in [-0.25, -0.2) is 0 Å². The summed E-state index contributed by atoms with van der Waals surface area (Å²) in [6.07, 6.45) is 1.89. The van der Waals surface area contributed by atoms with Crippen molar-refractivity contribution in [2.45, 2.75) is 25.4 Å². The highest BCUT2D eigenvalue weighted by Gasteiger charge is 2.30. The highest BCUT2D eigenvalue weighted by molar-refractivity contribution is 5.94. The van der Waals surface area contributed by atoms with Crippen LogP contribution in [-0.2, 0) is 14.3 Å². The second-order valence-corrected chi connectivity index (χ2v) is 6.91. The molecule has 1 aromatic rings. The first-order valence-corrected chi connectivity index (χ1v) is 9.35. The number of ether oxygens (including phenoxy) is 1. The van der Waals surface area contributed by atoms with Gasteiger partial charge >= 0.3 is 0 Å². The van der Waals surface area contributed by atoms with E-state index in [1.54, 1.807) is 24.3 Å². The molecular weight excluding hydrogens is 348 g/mol. The van der Waals surface area contributed by atoms with Gasteiger partial charge < -0.3 is 20.7 Å². The third kappa shape index (κ3) is 5.27. The maximum absolute atomic E-state index is 12.3. The number of piperazine rings is 1. The number of amides is 3. The average Bonchev–Trinajstić information content (AvgIpc) is 3.21. The van der Waals surface area contributed by atoms with Crippen LogP contribution in [0.3, 0.4) is 0 Å². The molecule has 2 heterocycles. The van der Waals surface area contributed by atoms with Gasteiger partial charge in [0.1, 0.15) is 6.10 Å². The van der Waals surface area contributed by atoms with Crippen molar-refractivity contribution < 1.29 is 19.1 Å². The van der Waals surface area contributed by atoms with Gasteiger partial charge in [0.05, 0.1) is 0 Å². The predicted molar refractivity (Wildman–Crippen MR) is 100 cm³/mol. The first-order valence-electron chi connectivity index (χ1n) is 9.35. The minimum Gasteiger partial charge on any atom is -0.368 e. The minimum atomic E-state index is -0.495. The summed E-state index contributed by atoms with van der Waals surface area (Å²) in [6.45, 7) is 4.20. The summed E-state index contributed by atoms with van der Waals surface area (Å²) >= 11 is 0. The topological polar surface area (TPSA) is 105 Å². The molecule has 27 heavy (non-hydrogen) atoms. The Morgan fingerprint density at radius 1 is 1.11 bits per heavy atom. The molecule has 0 radical (unpaired) electrons. The van der Waals surface area contributed by atoms with Gasteiger partial charge in [0, 0.05) is 57.0 Å². The van der Waals surface area contributed by atoms with Crippen molar-refractivity contribution in [2.24, 2.45) is 5.73 Å². The lowest BCUT2D eigenvalue weighted by atomic mass is 10.2. The number of carbonyl (C=O) groups is 3. The van der Waals surface area contributed by atoms with E-state index in [2.05, 4.69) is 10.2 Å². The average molecular weight is 374 g/mol. The molecular formula is C19H26N4O4. The number of benzene rings is 1. The quantitative estimate of drug-likeness (QED) is 0.752. The van der Waals surface area contributed by atoms with Crippen molar-refractivity contribution in [3.63, 3.8) is 0 Å². The Hall–Kier alpha value is -2.45. The third-order valence-electron chi connectivity index (χ3n) is 5.00. The van der Waals surface area contributed by atoms with E-state index in [0.717, 1.165) is 25.9 Å². The van der Waals surface area contributed by atoms with Crippen LogP contribution >= 0.6 is 0 Å². The van der Waals surface area contributed by atoms with Gasteiger partial charge in [-0.3, -0.25) is 19.3 Å². The van der Waals surface area contributed by atoms with Gasteiger partial charge in [0.25, 0.3) is 5.91 Å². The molecule has 2 saturated heterocycles. The summed E-state index contributed by atoms with van der Waals surface area (Å²) in [4.78, 5) is 39.5. The molecule has 3 amide bonds. The number of nitrogens with two attached hydrogens (primary N) is 1. The lowest BCUT2D eigenvalue weighted by Crippen LogP contribution is -2.51. The number of anilines is 1. The fourth-order valence-electron chi connectivity index (χ4n) is 3.37. The molecule has 0 aliphatic carbocycles. The number of hydrogen-bond acceptors (Lipinski definition) is 5. The van der Waals surface area contributed by atoms with E-state index in [0.29, 0.717) is 43.9 Å². The number of hydrogen-bond donors (Lipinski definition) is 2. The Morgan fingerprint density at radius 3 is 2.41 bits per heavy atom. The molecule has 2 aliphatic heterocycles. The largest absolute Gasteiger partial charge is 0.368 e. The van der Waals surface area contributed by atoms with Crippen LogP contribution in [-0.4, -0.2) is 73.0 Å². The van der Waals surface area contributed by atoms with Crippen LogP contribution in [0.2, 0.25) is 0 Å². The lowest BCUT2D eigenvalue weighted by Gasteiger charge is -2.35. The van der Waals surface area contributed by atoms with Crippen molar-refractivity contribution in [2.75, 3.05) is 44.6 Å². The Balaban J connectivity index is 1.37. The van der Waals surface area contributed by atoms with Crippen molar-refractivity contribution in [1.82, 2.24) is 9.80 Å². The standard InChI is InChI=1S/C19H26N4O4/c20-18(25)14-3-5-15(6-4-14)21-17(24)7-8-22-9-11-23(12-10-22)19(26)16-2-1-13-27-16/h3-6,16H,1-2,7-13H2,(H2,20,25)(H,21,24)/t16-/m1/s1. The zero-order valence-corrected chi connectivity index (χ0v) is 15.4. The van der Waals surface area contributed by atoms with Gasteiger partial charge in [0.2, 0.25) is 11.8 Å². The molecule has 1 atom stereocenters. The normalized spacial score (nSPS) is 20.4. The number of rotatable bonds is 6. The van der Waals surface area contributed by atoms with Gasteiger partial charge in [-0.1, -0.05) is 0 Å². The smallest absolute Gasteiger partial charge is 0.251 e. The molecule has 1 aromatic carbocycles. The van der Waals surface area contributed by atoms with E-state index in [4.69, 9.17) is 10.5 Å². The van der Waals surface area contributed by atoms with E-state index < -0.39 is 5.91 Å². The van der Waals surface area contributed by atoms with E-state index in [1.165, 1.54) is 0 Å². The fourth-order valence-corrected chi connectivity index (χ4v) is 3.37. The first kappa shape index (κ1) is 19.3. The second-order valence-electron chi connectivity index (χ2n) is 6.91. The summed E-state index contributed by atoms with van der Waals surface area (Å²) in [5.74, 6) is -0.478. The zero-order chi connectivity index (χ0) is 19.2. The van der Waals surface area contributed by atoms with E-state index in [-0.39, 0.29) is 17.9 Å². The molecule has 3 N–H and O–H groups in total. The highest BCUT2D eigenvalue weighted by atomic mass is 16.5. The Kier molecular flexibility index (Phi) is 6.41. The summed E-state index contributed by atoms with van der Waals surface area (Å²) in [5, 5.41) is 2.81. The number of nitrogens with zero attached hydrogens (tertiary/aromatic N) is 2. The van der Waals surface area contributed by atoms with Crippen LogP contribution in [0.4, 0.5) is 5.69 Å². The van der Waals surface area contributed by atoms with E-state index >= 15 is 0 Å². The molecule has 3 rings (SSSR count). The van der Waals surface area contributed by atoms with Crippen LogP contribution in [0.25, 0.3) is 0 Å². The molecule has 0 saturated carbocycles. The SMILES string of the molecule is NC(=O)c1ccc(NC(=O)CCN2CCN(C(=O)[C@H]3CCCO3)CC2)cc1. The van der Waals surface area contributed by atoms with Crippen LogP contribution in [0.15, 0.2) is 24.3 Å². The van der Waals surface area contributed by atoms with Gasteiger partial charge in [-0.2, -0.15) is 0 Å². The van der Waals surface area contributed by atoms with E-state index in [9.17, 15) is 14.4 Å². The second kappa shape index (κ2) is 8.96. The molecule has 0 spiro atoms. The van der Waals surface area contributed by atoms with Gasteiger partial charge in [-0.15, -0.1) is 0 Å². The molecule has 8 nitrogen and oxygen atoms in total. The van der Waals surface area contributed by atoms with E-state index in [1.807, 2.05) is 4.90 Å². The molecule has 146 valence electrons. The maximum atomic E-state index is 12.3. The first-order chi connectivity index (χ1) is 13.0. The molecule has 0 aromatic heterocycles. The summed E-state index contributed by atoms with van der Waals surface area (Å²) in [6, 6.07) is 6.49. The Labute approximate surface area is 158 Å². The fraction of sp³-hybridized carbons (Fsp3) is 0.526. The monoisotopic (exact) mass is 374 g/mol. The number of nitrogens with one attached hydrogen (secondary N) is 1. The third-order valence-corrected chi connectivity index (χ3v) is 5.00. The molecule has 0 bridgehead atoms. The minimum absolute atomic E-state index is 0.0836. The number of carbonyl (C=O) groups excluding carboxylic acids is 3.